The molecule has 0 aliphatic heterocycles. The van der Waals surface area contributed by atoms with Crippen LogP contribution in [0.3, 0.4) is 0 Å². The predicted molar refractivity (Wildman–Crippen MR) is 106 cm³/mol. The molecule has 4 rings (SSSR count). The van der Waals surface area contributed by atoms with Crippen LogP contribution in [0.15, 0.2) is 72.9 Å². The highest BCUT2D eigenvalue weighted by Crippen LogP contribution is 2.30. The quantitative estimate of drug-likeness (QED) is 0.391. The second-order valence-electron chi connectivity index (χ2n) is 6.43. The molecule has 4 aromatic rings. The Labute approximate surface area is 170 Å². The van der Waals surface area contributed by atoms with E-state index in [-0.39, 0.29) is 22.8 Å². The van der Waals surface area contributed by atoms with Crippen LogP contribution in [0, 0.1) is 0 Å². The number of ether oxygens (including phenoxy) is 2. The second kappa shape index (κ2) is 8.28. The Balaban J connectivity index is 1.61. The van der Waals surface area contributed by atoms with E-state index in [1.54, 1.807) is 54.6 Å². The van der Waals surface area contributed by atoms with Gasteiger partial charge in [0.05, 0.1) is 11.0 Å². The van der Waals surface area contributed by atoms with Crippen LogP contribution in [0.5, 0.6) is 11.6 Å². The Hall–Kier alpha value is -3.81. The van der Waals surface area contributed by atoms with E-state index in [0.717, 1.165) is 4.57 Å². The van der Waals surface area contributed by atoms with Crippen LogP contribution in [-0.2, 0) is 4.74 Å². The molecule has 152 valence electrons. The lowest BCUT2D eigenvalue weighted by atomic mass is 10.2. The van der Waals surface area contributed by atoms with E-state index < -0.39 is 18.6 Å². The number of benzene rings is 2. The molecule has 0 amide bonds. The number of hydrogen-bond donors (Lipinski definition) is 0. The summed E-state index contributed by atoms with van der Waals surface area (Å²) in [5, 5.41) is 0. The monoisotopic (exact) mass is 409 g/mol. The fourth-order valence-electron chi connectivity index (χ4n) is 3.06. The van der Waals surface area contributed by atoms with Crippen molar-refractivity contribution in [3.8, 4) is 11.6 Å². The van der Waals surface area contributed by atoms with Gasteiger partial charge in [0.25, 0.3) is 0 Å². The molecule has 2 heterocycles. The molecule has 0 spiro atoms. The van der Waals surface area contributed by atoms with Gasteiger partial charge in [-0.3, -0.25) is 4.57 Å². The molecule has 1 atom stereocenters. The molecule has 0 aliphatic rings. The molecular formula is C22H17F2N3O3. The lowest BCUT2D eigenvalue weighted by Gasteiger charge is -2.16. The SMILES string of the molecule is CC(OC(=O)c1cccnc1Oc1ccccc1)c1nc2ccccc2n1C(F)F. The minimum Gasteiger partial charge on any atom is -0.451 e. The number of pyridine rings is 1. The van der Waals surface area contributed by atoms with Crippen molar-refractivity contribution in [2.75, 3.05) is 0 Å². The summed E-state index contributed by atoms with van der Waals surface area (Å²) in [5.41, 5.74) is 0.734. The van der Waals surface area contributed by atoms with Crippen LogP contribution < -0.4 is 4.74 Å². The molecule has 0 bridgehead atoms. The van der Waals surface area contributed by atoms with Crippen molar-refractivity contribution in [2.24, 2.45) is 0 Å². The van der Waals surface area contributed by atoms with Gasteiger partial charge in [-0.25, -0.2) is 14.8 Å². The van der Waals surface area contributed by atoms with Crippen molar-refractivity contribution in [1.29, 1.82) is 0 Å². The zero-order valence-electron chi connectivity index (χ0n) is 15.9. The number of aromatic nitrogens is 3. The van der Waals surface area contributed by atoms with E-state index in [1.165, 1.54) is 19.2 Å². The summed E-state index contributed by atoms with van der Waals surface area (Å²) >= 11 is 0. The average Bonchev–Trinajstić information content (AvgIpc) is 3.15. The molecule has 0 saturated carbocycles. The molecule has 0 fully saturated rings. The molecule has 2 aromatic heterocycles. The largest absolute Gasteiger partial charge is 0.451 e. The molecule has 1 unspecified atom stereocenters. The lowest BCUT2D eigenvalue weighted by Crippen LogP contribution is -2.15. The van der Waals surface area contributed by atoms with Gasteiger partial charge in [-0.2, -0.15) is 8.78 Å². The summed E-state index contributed by atoms with van der Waals surface area (Å²) < 4.78 is 39.2. The average molecular weight is 409 g/mol. The van der Waals surface area contributed by atoms with Gasteiger partial charge in [-0.1, -0.05) is 30.3 Å². The van der Waals surface area contributed by atoms with Crippen molar-refractivity contribution in [1.82, 2.24) is 14.5 Å². The molecule has 8 heteroatoms. The van der Waals surface area contributed by atoms with Gasteiger partial charge < -0.3 is 9.47 Å². The van der Waals surface area contributed by atoms with Gasteiger partial charge in [0, 0.05) is 6.20 Å². The first-order valence-electron chi connectivity index (χ1n) is 9.18. The number of imidazole rings is 1. The maximum absolute atomic E-state index is 13.7. The maximum Gasteiger partial charge on any atom is 0.344 e. The number of hydrogen-bond acceptors (Lipinski definition) is 5. The summed E-state index contributed by atoms with van der Waals surface area (Å²) in [7, 11) is 0. The summed E-state index contributed by atoms with van der Waals surface area (Å²) in [5.74, 6) is -0.246. The Morgan fingerprint density at radius 2 is 1.73 bits per heavy atom. The molecule has 0 saturated heterocycles. The van der Waals surface area contributed by atoms with Crippen LogP contribution in [0.4, 0.5) is 8.78 Å². The summed E-state index contributed by atoms with van der Waals surface area (Å²) in [6.07, 6.45) is 0.456. The zero-order chi connectivity index (χ0) is 21.1. The number of carbonyl (C=O) groups excluding carboxylic acids is 1. The van der Waals surface area contributed by atoms with Gasteiger partial charge in [-0.15, -0.1) is 0 Å². The first-order chi connectivity index (χ1) is 14.5. The smallest absolute Gasteiger partial charge is 0.344 e. The highest BCUT2D eigenvalue weighted by atomic mass is 19.3. The highest BCUT2D eigenvalue weighted by molar-refractivity contribution is 5.92. The molecule has 0 N–H and O–H groups in total. The van der Waals surface area contributed by atoms with E-state index in [4.69, 9.17) is 9.47 Å². The van der Waals surface area contributed by atoms with Crippen LogP contribution >= 0.6 is 0 Å². The minimum absolute atomic E-state index is 0.0473. The lowest BCUT2D eigenvalue weighted by molar-refractivity contribution is 0.0230. The van der Waals surface area contributed by atoms with Gasteiger partial charge in [0.2, 0.25) is 5.88 Å². The Kier molecular flexibility index (Phi) is 5.38. The van der Waals surface area contributed by atoms with E-state index in [2.05, 4.69) is 9.97 Å². The van der Waals surface area contributed by atoms with Crippen LogP contribution in [-0.4, -0.2) is 20.5 Å². The molecular weight excluding hydrogens is 392 g/mol. The van der Waals surface area contributed by atoms with E-state index >= 15 is 0 Å². The van der Waals surface area contributed by atoms with Gasteiger partial charge in [0.15, 0.2) is 11.9 Å². The number of esters is 1. The summed E-state index contributed by atoms with van der Waals surface area (Å²) in [6.45, 7) is -1.34. The highest BCUT2D eigenvalue weighted by Gasteiger charge is 2.26. The van der Waals surface area contributed by atoms with Crippen molar-refractivity contribution < 1.29 is 23.0 Å². The minimum atomic E-state index is -2.83. The maximum atomic E-state index is 13.7. The first-order valence-corrected chi connectivity index (χ1v) is 9.18. The number of fused-ring (bicyclic) bond motifs is 1. The second-order valence-corrected chi connectivity index (χ2v) is 6.43. The standard InChI is InChI=1S/C22H17F2N3O3/c1-14(19-26-17-11-5-6-12-18(17)27(19)22(23)24)29-21(28)16-10-7-13-25-20(16)30-15-8-3-2-4-9-15/h2-14,22H,1H3. The third-order valence-corrected chi connectivity index (χ3v) is 4.41. The fourth-order valence-corrected chi connectivity index (χ4v) is 3.06. The van der Waals surface area contributed by atoms with Crippen molar-refractivity contribution in [3.05, 3.63) is 84.3 Å². The van der Waals surface area contributed by atoms with Gasteiger partial charge in [0.1, 0.15) is 11.3 Å². The molecule has 0 aliphatic carbocycles. The number of para-hydroxylation sites is 3. The number of rotatable bonds is 6. The fraction of sp³-hybridized carbons (Fsp3) is 0.136. The van der Waals surface area contributed by atoms with E-state index in [1.807, 2.05) is 6.07 Å². The molecule has 6 nitrogen and oxygen atoms in total. The summed E-state index contributed by atoms with van der Waals surface area (Å²) in [6, 6.07) is 18.4. The molecule has 0 radical (unpaired) electrons. The van der Waals surface area contributed by atoms with Crippen LogP contribution in [0.25, 0.3) is 11.0 Å². The molecule has 2 aromatic carbocycles. The Bertz CT molecular complexity index is 1180. The van der Waals surface area contributed by atoms with Crippen LogP contribution in [0.2, 0.25) is 0 Å². The predicted octanol–water partition coefficient (Wildman–Crippen LogP) is 5.54. The molecule has 30 heavy (non-hydrogen) atoms. The van der Waals surface area contributed by atoms with Crippen molar-refractivity contribution in [3.63, 3.8) is 0 Å². The van der Waals surface area contributed by atoms with Crippen LogP contribution in [0.1, 0.15) is 35.8 Å². The van der Waals surface area contributed by atoms with E-state index in [9.17, 15) is 13.6 Å². The normalized spacial score (nSPS) is 12.1. The third-order valence-electron chi connectivity index (χ3n) is 4.41. The Morgan fingerprint density at radius 1 is 1.00 bits per heavy atom. The third kappa shape index (κ3) is 3.84. The summed E-state index contributed by atoms with van der Waals surface area (Å²) in [4.78, 5) is 21.1. The number of halogens is 2. The zero-order valence-corrected chi connectivity index (χ0v) is 15.9. The van der Waals surface area contributed by atoms with Crippen molar-refractivity contribution >= 4 is 17.0 Å². The Morgan fingerprint density at radius 3 is 2.50 bits per heavy atom. The van der Waals surface area contributed by atoms with Crippen molar-refractivity contribution in [2.45, 2.75) is 19.6 Å². The number of carbonyl (C=O) groups is 1. The number of nitrogens with zero attached hydrogens (tertiary/aromatic N) is 3. The number of alkyl halides is 2. The topological polar surface area (TPSA) is 66.2 Å². The van der Waals surface area contributed by atoms with E-state index in [0.29, 0.717) is 11.3 Å². The van der Waals surface area contributed by atoms with Gasteiger partial charge in [-0.05, 0) is 43.3 Å². The first kappa shape index (κ1) is 19.5. The van der Waals surface area contributed by atoms with Gasteiger partial charge >= 0.3 is 12.5 Å².